The minimum absolute atomic E-state index is 0.0877. The largest absolute Gasteiger partial charge is 0.493 e. The molecule has 0 saturated heterocycles. The smallest absolute Gasteiger partial charge is 0.164 e. The molecule has 0 aliphatic rings. The number of rotatable bonds is 7. The van der Waals surface area contributed by atoms with E-state index in [9.17, 15) is 0 Å². The molecule has 1 rings (SSSR count). The molecular formula is C17H27NO2. The Balaban J connectivity index is 3.08. The molecule has 0 fully saturated rings. The number of allylic oxidation sites excluding steroid dienone is 1. The highest BCUT2D eigenvalue weighted by Crippen LogP contribution is 2.33. The lowest BCUT2D eigenvalue weighted by Crippen LogP contribution is -2.35. The lowest BCUT2D eigenvalue weighted by molar-refractivity contribution is 0.307. The van der Waals surface area contributed by atoms with Gasteiger partial charge in [0.1, 0.15) is 0 Å². The van der Waals surface area contributed by atoms with Gasteiger partial charge in [-0.15, -0.1) is 6.58 Å². The number of benzene rings is 1. The predicted molar refractivity (Wildman–Crippen MR) is 84.7 cm³/mol. The first-order valence-corrected chi connectivity index (χ1v) is 7.09. The summed E-state index contributed by atoms with van der Waals surface area (Å²) in [5.74, 6) is 1.62. The fourth-order valence-electron chi connectivity index (χ4n) is 1.96. The quantitative estimate of drug-likeness (QED) is 0.771. The molecule has 0 bridgehead atoms. The molecule has 1 aromatic rings. The monoisotopic (exact) mass is 277 g/mol. The maximum atomic E-state index is 5.72. The van der Waals surface area contributed by atoms with Crippen molar-refractivity contribution in [2.24, 2.45) is 0 Å². The number of hydrogen-bond donors (Lipinski definition) is 1. The zero-order chi connectivity index (χ0) is 15.2. The summed E-state index contributed by atoms with van der Waals surface area (Å²) in [4.78, 5) is 0. The van der Waals surface area contributed by atoms with Crippen molar-refractivity contribution >= 4 is 0 Å². The van der Waals surface area contributed by atoms with Crippen molar-refractivity contribution in [2.75, 3.05) is 13.7 Å². The van der Waals surface area contributed by atoms with Crippen molar-refractivity contribution in [2.45, 2.75) is 46.2 Å². The van der Waals surface area contributed by atoms with E-state index in [1.54, 1.807) is 7.11 Å². The lowest BCUT2D eigenvalue weighted by atomic mass is 10.0. The summed E-state index contributed by atoms with van der Waals surface area (Å²) in [6.45, 7) is 13.7. The number of ether oxygens (including phenoxy) is 2. The molecular weight excluding hydrogens is 250 g/mol. The molecule has 0 aromatic heterocycles. The van der Waals surface area contributed by atoms with Crippen LogP contribution in [0.3, 0.4) is 0 Å². The van der Waals surface area contributed by atoms with Gasteiger partial charge >= 0.3 is 0 Å². The van der Waals surface area contributed by atoms with Crippen LogP contribution in [0.1, 0.15) is 38.8 Å². The Kier molecular flexibility index (Phi) is 6.08. The average Bonchev–Trinajstić information content (AvgIpc) is 2.38. The van der Waals surface area contributed by atoms with Gasteiger partial charge in [-0.2, -0.15) is 0 Å². The van der Waals surface area contributed by atoms with Crippen LogP contribution in [0, 0.1) is 0 Å². The van der Waals surface area contributed by atoms with Crippen molar-refractivity contribution in [3.8, 4) is 11.5 Å². The molecule has 0 aliphatic heterocycles. The summed E-state index contributed by atoms with van der Waals surface area (Å²) in [7, 11) is 1.68. The Morgan fingerprint density at radius 3 is 2.50 bits per heavy atom. The highest BCUT2D eigenvalue weighted by molar-refractivity contribution is 5.50. The van der Waals surface area contributed by atoms with E-state index in [2.05, 4.69) is 38.7 Å². The summed E-state index contributed by atoms with van der Waals surface area (Å²) in [6.07, 6.45) is 2.66. The maximum absolute atomic E-state index is 5.72. The van der Waals surface area contributed by atoms with Crippen molar-refractivity contribution in [1.82, 2.24) is 5.32 Å². The van der Waals surface area contributed by atoms with E-state index in [-0.39, 0.29) is 5.54 Å². The Hall–Kier alpha value is -1.48. The van der Waals surface area contributed by atoms with E-state index >= 15 is 0 Å². The highest BCUT2D eigenvalue weighted by Gasteiger charge is 2.14. The van der Waals surface area contributed by atoms with E-state index in [4.69, 9.17) is 9.47 Å². The molecule has 1 N–H and O–H groups in total. The molecule has 0 unspecified atom stereocenters. The minimum Gasteiger partial charge on any atom is -0.493 e. The molecule has 0 amide bonds. The zero-order valence-corrected chi connectivity index (χ0v) is 13.4. The molecule has 0 heterocycles. The van der Waals surface area contributed by atoms with Crippen molar-refractivity contribution < 1.29 is 9.47 Å². The van der Waals surface area contributed by atoms with Gasteiger partial charge in [-0.05, 0) is 45.7 Å². The SMILES string of the molecule is C=CCc1cc(CNC(C)(C)C)cc(OC)c1OCC. The van der Waals surface area contributed by atoms with Crippen molar-refractivity contribution in [3.63, 3.8) is 0 Å². The number of methoxy groups -OCH3 is 1. The number of nitrogens with one attached hydrogen (secondary N) is 1. The first-order chi connectivity index (χ1) is 9.41. The summed E-state index contributed by atoms with van der Waals surface area (Å²) in [5.41, 5.74) is 2.40. The fourth-order valence-corrected chi connectivity index (χ4v) is 1.96. The van der Waals surface area contributed by atoms with Crippen LogP contribution in [0.4, 0.5) is 0 Å². The Bertz CT molecular complexity index is 447. The van der Waals surface area contributed by atoms with Gasteiger partial charge in [0, 0.05) is 17.6 Å². The standard InChI is InChI=1S/C17H27NO2/c1-7-9-14-10-13(12-18-17(3,4)5)11-15(19-6)16(14)20-8-2/h7,10-11,18H,1,8-9,12H2,2-6H3. The van der Waals surface area contributed by atoms with Gasteiger partial charge in [-0.3, -0.25) is 0 Å². The molecule has 0 spiro atoms. The van der Waals surface area contributed by atoms with Crippen LogP contribution < -0.4 is 14.8 Å². The van der Waals surface area contributed by atoms with E-state index in [1.807, 2.05) is 19.1 Å². The summed E-state index contributed by atoms with van der Waals surface area (Å²) in [5, 5.41) is 3.49. The second-order valence-corrected chi connectivity index (χ2v) is 5.82. The maximum Gasteiger partial charge on any atom is 0.164 e. The van der Waals surface area contributed by atoms with Gasteiger partial charge in [0.15, 0.2) is 11.5 Å². The molecule has 0 atom stereocenters. The predicted octanol–water partition coefficient (Wildman–Crippen LogP) is 3.71. The van der Waals surface area contributed by atoms with Gasteiger partial charge in [-0.1, -0.05) is 12.1 Å². The second kappa shape index (κ2) is 7.34. The first-order valence-electron chi connectivity index (χ1n) is 7.09. The summed E-state index contributed by atoms with van der Waals surface area (Å²) >= 11 is 0. The first kappa shape index (κ1) is 16.6. The van der Waals surface area contributed by atoms with Crippen LogP contribution in [0.5, 0.6) is 11.5 Å². The third kappa shape index (κ3) is 4.89. The molecule has 1 aromatic carbocycles. The summed E-state index contributed by atoms with van der Waals surface area (Å²) in [6, 6.07) is 4.20. The van der Waals surface area contributed by atoms with E-state index in [0.717, 1.165) is 30.0 Å². The normalized spacial score (nSPS) is 11.2. The molecule has 0 saturated carbocycles. The highest BCUT2D eigenvalue weighted by atomic mass is 16.5. The Labute approximate surface area is 123 Å². The third-order valence-corrected chi connectivity index (χ3v) is 2.89. The fraction of sp³-hybridized carbons (Fsp3) is 0.529. The lowest BCUT2D eigenvalue weighted by Gasteiger charge is -2.22. The molecule has 20 heavy (non-hydrogen) atoms. The van der Waals surface area contributed by atoms with Gasteiger partial charge in [0.05, 0.1) is 13.7 Å². The molecule has 3 heteroatoms. The number of hydrogen-bond acceptors (Lipinski definition) is 3. The average molecular weight is 277 g/mol. The van der Waals surface area contributed by atoms with Crippen LogP contribution in [-0.2, 0) is 13.0 Å². The third-order valence-electron chi connectivity index (χ3n) is 2.89. The van der Waals surface area contributed by atoms with Crippen LogP contribution >= 0.6 is 0 Å². The Morgan fingerprint density at radius 1 is 1.30 bits per heavy atom. The minimum atomic E-state index is 0.0877. The van der Waals surface area contributed by atoms with Crippen LogP contribution in [0.15, 0.2) is 24.8 Å². The molecule has 112 valence electrons. The van der Waals surface area contributed by atoms with E-state index in [0.29, 0.717) is 6.61 Å². The van der Waals surface area contributed by atoms with Gasteiger partial charge in [0.2, 0.25) is 0 Å². The second-order valence-electron chi connectivity index (χ2n) is 5.82. The Morgan fingerprint density at radius 2 is 2.00 bits per heavy atom. The van der Waals surface area contributed by atoms with Gasteiger partial charge < -0.3 is 14.8 Å². The zero-order valence-electron chi connectivity index (χ0n) is 13.4. The van der Waals surface area contributed by atoms with Crippen LogP contribution in [0.25, 0.3) is 0 Å². The van der Waals surface area contributed by atoms with Crippen LogP contribution in [0.2, 0.25) is 0 Å². The van der Waals surface area contributed by atoms with E-state index in [1.165, 1.54) is 5.56 Å². The van der Waals surface area contributed by atoms with Gasteiger partial charge in [0.25, 0.3) is 0 Å². The molecule has 3 nitrogen and oxygen atoms in total. The van der Waals surface area contributed by atoms with Crippen molar-refractivity contribution in [1.29, 1.82) is 0 Å². The van der Waals surface area contributed by atoms with Crippen LogP contribution in [-0.4, -0.2) is 19.3 Å². The van der Waals surface area contributed by atoms with Gasteiger partial charge in [-0.25, -0.2) is 0 Å². The molecule has 0 aliphatic carbocycles. The van der Waals surface area contributed by atoms with Crippen molar-refractivity contribution in [3.05, 3.63) is 35.9 Å². The molecule has 0 radical (unpaired) electrons. The topological polar surface area (TPSA) is 30.5 Å². The van der Waals surface area contributed by atoms with E-state index < -0.39 is 0 Å². The summed E-state index contributed by atoms with van der Waals surface area (Å²) < 4.78 is 11.2.